The summed E-state index contributed by atoms with van der Waals surface area (Å²) < 4.78 is 5.29. The quantitative estimate of drug-likeness (QED) is 0.715. The highest BCUT2D eigenvalue weighted by Gasteiger charge is 2.08. The molecule has 0 bridgehead atoms. The second kappa shape index (κ2) is 7.85. The van der Waals surface area contributed by atoms with Crippen LogP contribution in [0.15, 0.2) is 18.2 Å². The molecule has 0 aliphatic rings. The fraction of sp³-hybridized carbons (Fsp3) is 0.600. The van der Waals surface area contributed by atoms with Gasteiger partial charge in [-0.1, -0.05) is 26.7 Å². The van der Waals surface area contributed by atoms with Gasteiger partial charge in [0.2, 0.25) is 0 Å². The molecule has 0 saturated carbocycles. The van der Waals surface area contributed by atoms with Crippen molar-refractivity contribution in [2.75, 3.05) is 30.8 Å². The van der Waals surface area contributed by atoms with Crippen molar-refractivity contribution in [1.29, 1.82) is 0 Å². The van der Waals surface area contributed by atoms with Gasteiger partial charge in [0.05, 0.1) is 7.11 Å². The molecule has 0 spiro atoms. The van der Waals surface area contributed by atoms with E-state index < -0.39 is 0 Å². The molecule has 0 fully saturated rings. The minimum atomic E-state index is 0.766. The number of nitrogen functional groups attached to an aromatic ring is 1. The third kappa shape index (κ3) is 4.47. The van der Waals surface area contributed by atoms with Crippen LogP contribution in [0, 0.1) is 0 Å². The first-order valence-corrected chi connectivity index (χ1v) is 6.90. The smallest absolute Gasteiger partial charge is 0.122 e. The van der Waals surface area contributed by atoms with Crippen molar-refractivity contribution in [1.82, 2.24) is 0 Å². The summed E-state index contributed by atoms with van der Waals surface area (Å²) in [5.41, 5.74) is 7.86. The fourth-order valence-electron chi connectivity index (χ4n) is 1.97. The van der Waals surface area contributed by atoms with Crippen molar-refractivity contribution in [3.63, 3.8) is 0 Å². The normalized spacial score (nSPS) is 10.4. The predicted molar refractivity (Wildman–Crippen MR) is 79.4 cm³/mol. The third-order valence-corrected chi connectivity index (χ3v) is 3.08. The number of benzene rings is 1. The van der Waals surface area contributed by atoms with Gasteiger partial charge in [0.25, 0.3) is 0 Å². The zero-order valence-electron chi connectivity index (χ0n) is 11.9. The molecule has 2 N–H and O–H groups in total. The highest BCUT2D eigenvalue weighted by Crippen LogP contribution is 2.26. The van der Waals surface area contributed by atoms with E-state index in [0.29, 0.717) is 0 Å². The summed E-state index contributed by atoms with van der Waals surface area (Å²) in [5.74, 6) is 0.836. The van der Waals surface area contributed by atoms with Gasteiger partial charge in [-0.2, -0.15) is 0 Å². The molecule has 102 valence electrons. The number of nitrogens with two attached hydrogens (primary N) is 1. The molecule has 0 saturated heterocycles. The van der Waals surface area contributed by atoms with Gasteiger partial charge in [0, 0.05) is 36.6 Å². The molecule has 0 atom stereocenters. The van der Waals surface area contributed by atoms with E-state index in [9.17, 15) is 0 Å². The number of anilines is 2. The monoisotopic (exact) mass is 250 g/mol. The van der Waals surface area contributed by atoms with Gasteiger partial charge in [0.15, 0.2) is 0 Å². The molecular weight excluding hydrogens is 224 g/mol. The van der Waals surface area contributed by atoms with E-state index >= 15 is 0 Å². The lowest BCUT2D eigenvalue weighted by molar-refractivity contribution is 0.415. The molecule has 1 rings (SSSR count). The summed E-state index contributed by atoms with van der Waals surface area (Å²) in [5, 5.41) is 0. The maximum atomic E-state index is 5.92. The van der Waals surface area contributed by atoms with Crippen LogP contribution in [0.1, 0.15) is 39.5 Å². The van der Waals surface area contributed by atoms with Crippen LogP contribution in [0.25, 0.3) is 0 Å². The molecule has 0 radical (unpaired) electrons. The fourth-order valence-corrected chi connectivity index (χ4v) is 1.97. The van der Waals surface area contributed by atoms with Gasteiger partial charge in [-0.15, -0.1) is 0 Å². The van der Waals surface area contributed by atoms with E-state index in [1.807, 2.05) is 12.1 Å². The average Bonchev–Trinajstić information content (AvgIpc) is 2.38. The number of unbranched alkanes of at least 4 members (excludes halogenated alkanes) is 2. The summed E-state index contributed by atoms with van der Waals surface area (Å²) in [6.45, 7) is 6.61. The number of nitrogens with zero attached hydrogens (tertiary/aromatic N) is 1. The van der Waals surface area contributed by atoms with Crippen LogP contribution >= 0.6 is 0 Å². The molecule has 0 aliphatic carbocycles. The second-order valence-corrected chi connectivity index (χ2v) is 4.66. The van der Waals surface area contributed by atoms with Crippen molar-refractivity contribution in [3.8, 4) is 5.75 Å². The standard InChI is InChI=1S/C15H26N2O/c1-4-6-8-17(9-7-5-2)14-10-13(16)11-15(12-14)18-3/h10-12H,4-9,16H2,1-3H3. The Bertz CT molecular complexity index is 344. The van der Waals surface area contributed by atoms with E-state index in [2.05, 4.69) is 24.8 Å². The molecule has 0 unspecified atom stereocenters. The van der Waals surface area contributed by atoms with Crippen molar-refractivity contribution in [2.24, 2.45) is 0 Å². The summed E-state index contributed by atoms with van der Waals surface area (Å²) in [6.07, 6.45) is 4.84. The highest BCUT2D eigenvalue weighted by atomic mass is 16.5. The van der Waals surface area contributed by atoms with Crippen LogP contribution in [0.4, 0.5) is 11.4 Å². The van der Waals surface area contributed by atoms with Crippen LogP contribution in [0.2, 0.25) is 0 Å². The van der Waals surface area contributed by atoms with Gasteiger partial charge in [0.1, 0.15) is 5.75 Å². The van der Waals surface area contributed by atoms with Crippen LogP contribution in [-0.2, 0) is 0 Å². The number of rotatable bonds is 8. The number of ether oxygens (including phenoxy) is 1. The van der Waals surface area contributed by atoms with Crippen molar-refractivity contribution in [3.05, 3.63) is 18.2 Å². The molecule has 3 nitrogen and oxygen atoms in total. The van der Waals surface area contributed by atoms with Crippen LogP contribution in [0.3, 0.4) is 0 Å². The van der Waals surface area contributed by atoms with Crippen molar-refractivity contribution < 1.29 is 4.74 Å². The van der Waals surface area contributed by atoms with Crippen LogP contribution < -0.4 is 15.4 Å². The van der Waals surface area contributed by atoms with Crippen molar-refractivity contribution >= 4 is 11.4 Å². The van der Waals surface area contributed by atoms with E-state index in [1.54, 1.807) is 7.11 Å². The summed E-state index contributed by atoms with van der Waals surface area (Å²) in [6, 6.07) is 5.97. The highest BCUT2D eigenvalue weighted by molar-refractivity contribution is 5.60. The second-order valence-electron chi connectivity index (χ2n) is 4.66. The molecule has 18 heavy (non-hydrogen) atoms. The Morgan fingerprint density at radius 1 is 1.06 bits per heavy atom. The first-order valence-electron chi connectivity index (χ1n) is 6.90. The Morgan fingerprint density at radius 3 is 2.17 bits per heavy atom. The van der Waals surface area contributed by atoms with Crippen molar-refractivity contribution in [2.45, 2.75) is 39.5 Å². The summed E-state index contributed by atoms with van der Waals surface area (Å²) >= 11 is 0. The predicted octanol–water partition coefficient (Wildman–Crippen LogP) is 3.68. The molecular formula is C15H26N2O. The first-order chi connectivity index (χ1) is 8.71. The number of methoxy groups -OCH3 is 1. The molecule has 1 aromatic rings. The Kier molecular flexibility index (Phi) is 6.40. The Labute approximate surface area is 111 Å². The molecule has 3 heteroatoms. The van der Waals surface area contributed by atoms with E-state index in [1.165, 1.54) is 31.4 Å². The Morgan fingerprint density at radius 2 is 1.67 bits per heavy atom. The topological polar surface area (TPSA) is 38.5 Å². The molecule has 0 aromatic heterocycles. The molecule has 0 amide bonds. The maximum absolute atomic E-state index is 5.92. The van der Waals surface area contributed by atoms with E-state index in [0.717, 1.165) is 24.5 Å². The van der Waals surface area contributed by atoms with Crippen LogP contribution in [-0.4, -0.2) is 20.2 Å². The minimum Gasteiger partial charge on any atom is -0.497 e. The Balaban J connectivity index is 2.84. The minimum absolute atomic E-state index is 0.766. The SMILES string of the molecule is CCCCN(CCCC)c1cc(N)cc(OC)c1. The Hall–Kier alpha value is -1.38. The zero-order valence-corrected chi connectivity index (χ0v) is 11.9. The molecule has 1 aromatic carbocycles. The lowest BCUT2D eigenvalue weighted by atomic mass is 10.2. The molecule has 0 heterocycles. The first kappa shape index (κ1) is 14.7. The van der Waals surface area contributed by atoms with Crippen LogP contribution in [0.5, 0.6) is 5.75 Å². The molecule has 0 aliphatic heterocycles. The summed E-state index contributed by atoms with van der Waals surface area (Å²) in [4.78, 5) is 2.41. The number of hydrogen-bond acceptors (Lipinski definition) is 3. The lowest BCUT2D eigenvalue weighted by Crippen LogP contribution is -2.25. The van der Waals surface area contributed by atoms with E-state index in [4.69, 9.17) is 10.5 Å². The zero-order chi connectivity index (χ0) is 13.4. The largest absolute Gasteiger partial charge is 0.497 e. The van der Waals surface area contributed by atoms with Gasteiger partial charge in [-0.3, -0.25) is 0 Å². The number of hydrogen-bond donors (Lipinski definition) is 1. The average molecular weight is 250 g/mol. The van der Waals surface area contributed by atoms with E-state index in [-0.39, 0.29) is 0 Å². The maximum Gasteiger partial charge on any atom is 0.122 e. The lowest BCUT2D eigenvalue weighted by Gasteiger charge is -2.25. The van der Waals surface area contributed by atoms with Gasteiger partial charge in [-0.05, 0) is 18.9 Å². The van der Waals surface area contributed by atoms with Gasteiger partial charge >= 0.3 is 0 Å². The summed E-state index contributed by atoms with van der Waals surface area (Å²) in [7, 11) is 1.68. The van der Waals surface area contributed by atoms with Gasteiger partial charge < -0.3 is 15.4 Å². The third-order valence-electron chi connectivity index (χ3n) is 3.08. The van der Waals surface area contributed by atoms with Gasteiger partial charge in [-0.25, -0.2) is 0 Å².